The van der Waals surface area contributed by atoms with E-state index < -0.39 is 26.9 Å². The van der Waals surface area contributed by atoms with E-state index >= 15 is 0 Å². The molecule has 0 fully saturated rings. The molecule has 0 saturated heterocycles. The minimum atomic E-state index is -3.70. The van der Waals surface area contributed by atoms with E-state index in [-0.39, 0.29) is 16.7 Å². The molecule has 1 aromatic carbocycles. The first-order valence-corrected chi connectivity index (χ1v) is 10.3. The SMILES string of the molecule is CC(C)CNC(=O)NCC(c1ccc(F)cc1)S(=O)(=O)c1cccs1. The number of hydrogen-bond acceptors (Lipinski definition) is 4. The molecule has 2 N–H and O–H groups in total. The Morgan fingerprint density at radius 1 is 1.12 bits per heavy atom. The van der Waals surface area contributed by atoms with Crippen LogP contribution in [0.25, 0.3) is 0 Å². The average molecular weight is 384 g/mol. The fourth-order valence-corrected chi connectivity index (χ4v) is 5.06. The highest BCUT2D eigenvalue weighted by Gasteiger charge is 2.30. The molecule has 5 nitrogen and oxygen atoms in total. The van der Waals surface area contributed by atoms with Crippen LogP contribution in [-0.2, 0) is 9.84 Å². The van der Waals surface area contributed by atoms with E-state index in [1.165, 1.54) is 30.3 Å². The number of amides is 2. The largest absolute Gasteiger partial charge is 0.338 e. The van der Waals surface area contributed by atoms with Gasteiger partial charge in [0.2, 0.25) is 0 Å². The van der Waals surface area contributed by atoms with Gasteiger partial charge in [-0.3, -0.25) is 0 Å². The van der Waals surface area contributed by atoms with E-state index in [0.717, 1.165) is 11.3 Å². The lowest BCUT2D eigenvalue weighted by atomic mass is 10.1. The van der Waals surface area contributed by atoms with Crippen LogP contribution in [0.5, 0.6) is 0 Å². The number of benzene rings is 1. The molecule has 1 heterocycles. The van der Waals surface area contributed by atoms with Gasteiger partial charge < -0.3 is 10.6 Å². The van der Waals surface area contributed by atoms with E-state index in [1.807, 2.05) is 13.8 Å². The summed E-state index contributed by atoms with van der Waals surface area (Å²) in [5, 5.41) is 5.97. The van der Waals surface area contributed by atoms with E-state index in [0.29, 0.717) is 12.1 Å². The van der Waals surface area contributed by atoms with E-state index in [9.17, 15) is 17.6 Å². The highest BCUT2D eigenvalue weighted by atomic mass is 32.2. The maximum atomic E-state index is 13.2. The van der Waals surface area contributed by atoms with Gasteiger partial charge in [0.05, 0.1) is 0 Å². The van der Waals surface area contributed by atoms with Gasteiger partial charge in [-0.25, -0.2) is 17.6 Å². The lowest BCUT2D eigenvalue weighted by molar-refractivity contribution is 0.239. The summed E-state index contributed by atoms with van der Waals surface area (Å²) in [5.41, 5.74) is 0.430. The molecule has 0 saturated carbocycles. The molecular weight excluding hydrogens is 363 g/mol. The van der Waals surface area contributed by atoms with Crippen molar-refractivity contribution in [3.05, 3.63) is 53.2 Å². The Morgan fingerprint density at radius 3 is 2.32 bits per heavy atom. The van der Waals surface area contributed by atoms with Gasteiger partial charge >= 0.3 is 6.03 Å². The number of carbonyl (C=O) groups is 1. The molecule has 0 aliphatic heterocycles. The fourth-order valence-electron chi connectivity index (χ4n) is 2.19. The Morgan fingerprint density at radius 2 is 1.76 bits per heavy atom. The number of nitrogens with one attached hydrogen (secondary N) is 2. The summed E-state index contributed by atoms with van der Waals surface area (Å²) >= 11 is 1.11. The molecule has 0 aliphatic carbocycles. The number of carbonyl (C=O) groups excluding carboxylic acids is 1. The minimum Gasteiger partial charge on any atom is -0.338 e. The standard InChI is InChI=1S/C17H21FN2O3S2/c1-12(2)10-19-17(21)20-11-15(13-5-7-14(18)8-6-13)25(22,23)16-4-3-9-24-16/h3-9,12,15H,10-11H2,1-2H3,(H2,19,20,21). The molecule has 0 radical (unpaired) electrons. The van der Waals surface area contributed by atoms with E-state index in [4.69, 9.17) is 0 Å². The molecular formula is C17H21FN2O3S2. The smallest absolute Gasteiger partial charge is 0.314 e. The highest BCUT2D eigenvalue weighted by Crippen LogP contribution is 2.31. The van der Waals surface area contributed by atoms with Crippen LogP contribution < -0.4 is 10.6 Å². The number of sulfone groups is 1. The molecule has 0 spiro atoms. The van der Waals surface area contributed by atoms with Gasteiger partial charge in [-0.05, 0) is 35.1 Å². The average Bonchev–Trinajstić information content (AvgIpc) is 3.10. The maximum Gasteiger partial charge on any atom is 0.314 e. The summed E-state index contributed by atoms with van der Waals surface area (Å²) in [7, 11) is -3.70. The van der Waals surface area contributed by atoms with Crippen LogP contribution in [-0.4, -0.2) is 27.5 Å². The van der Waals surface area contributed by atoms with Crippen LogP contribution in [0.15, 0.2) is 46.0 Å². The van der Waals surface area contributed by atoms with Crippen molar-refractivity contribution in [2.24, 2.45) is 5.92 Å². The van der Waals surface area contributed by atoms with Crippen molar-refractivity contribution in [3.63, 3.8) is 0 Å². The number of hydrogen-bond donors (Lipinski definition) is 2. The molecule has 2 amide bonds. The Labute approximate surface area is 151 Å². The van der Waals surface area contributed by atoms with Crippen molar-refractivity contribution in [1.82, 2.24) is 10.6 Å². The maximum absolute atomic E-state index is 13.2. The van der Waals surface area contributed by atoms with Crippen LogP contribution >= 0.6 is 11.3 Å². The van der Waals surface area contributed by atoms with Crippen LogP contribution in [0.2, 0.25) is 0 Å². The number of halogens is 1. The van der Waals surface area contributed by atoms with Crippen LogP contribution in [0.1, 0.15) is 24.7 Å². The van der Waals surface area contributed by atoms with Crippen molar-refractivity contribution in [3.8, 4) is 0 Å². The van der Waals surface area contributed by atoms with Gasteiger partial charge in [0.1, 0.15) is 15.3 Å². The first-order chi connectivity index (χ1) is 11.8. The predicted octanol–water partition coefficient (Wildman–Crippen LogP) is 3.36. The predicted molar refractivity (Wildman–Crippen MR) is 96.9 cm³/mol. The normalized spacial score (nSPS) is 12.8. The Bertz CT molecular complexity index is 788. The molecule has 2 rings (SSSR count). The molecule has 1 unspecified atom stereocenters. The zero-order valence-corrected chi connectivity index (χ0v) is 15.7. The van der Waals surface area contributed by atoms with E-state index in [1.54, 1.807) is 11.4 Å². The zero-order valence-electron chi connectivity index (χ0n) is 14.0. The third-order valence-corrected chi connectivity index (χ3v) is 7.04. The summed E-state index contributed by atoms with van der Waals surface area (Å²) < 4.78 is 39.2. The van der Waals surface area contributed by atoms with Crippen molar-refractivity contribution in [2.75, 3.05) is 13.1 Å². The fraction of sp³-hybridized carbons (Fsp3) is 0.353. The van der Waals surface area contributed by atoms with Crippen molar-refractivity contribution < 1.29 is 17.6 Å². The number of rotatable bonds is 7. The second-order valence-corrected chi connectivity index (χ2v) is 9.31. The van der Waals surface area contributed by atoms with Crippen molar-refractivity contribution in [1.29, 1.82) is 0 Å². The Balaban J connectivity index is 2.21. The number of thiophene rings is 1. The molecule has 0 aliphatic rings. The zero-order chi connectivity index (χ0) is 18.4. The van der Waals surface area contributed by atoms with Crippen molar-refractivity contribution >= 4 is 27.2 Å². The van der Waals surface area contributed by atoms with E-state index in [2.05, 4.69) is 10.6 Å². The second kappa shape index (κ2) is 8.44. The monoisotopic (exact) mass is 384 g/mol. The summed E-state index contributed by atoms with van der Waals surface area (Å²) in [6, 6.07) is 8.04. The summed E-state index contributed by atoms with van der Waals surface area (Å²) in [6.45, 7) is 4.31. The lowest BCUT2D eigenvalue weighted by Gasteiger charge is -2.18. The first-order valence-electron chi connectivity index (χ1n) is 7.85. The summed E-state index contributed by atoms with van der Waals surface area (Å²) in [5.74, 6) is -0.160. The Hall–Kier alpha value is -1.93. The molecule has 2 aromatic rings. The highest BCUT2D eigenvalue weighted by molar-refractivity contribution is 7.93. The third-order valence-electron chi connectivity index (χ3n) is 3.51. The summed E-state index contributed by atoms with van der Waals surface area (Å²) in [6.07, 6.45) is 0. The van der Waals surface area contributed by atoms with Crippen LogP contribution in [0.4, 0.5) is 9.18 Å². The molecule has 1 atom stereocenters. The second-order valence-electron chi connectivity index (χ2n) is 6.00. The van der Waals surface area contributed by atoms with Gasteiger partial charge in [0, 0.05) is 13.1 Å². The summed E-state index contributed by atoms with van der Waals surface area (Å²) in [4.78, 5) is 11.9. The molecule has 8 heteroatoms. The van der Waals surface area contributed by atoms with Gasteiger partial charge in [-0.15, -0.1) is 11.3 Å². The topological polar surface area (TPSA) is 75.3 Å². The quantitative estimate of drug-likeness (QED) is 0.769. The molecule has 136 valence electrons. The van der Waals surface area contributed by atoms with Gasteiger partial charge in [-0.2, -0.15) is 0 Å². The molecule has 25 heavy (non-hydrogen) atoms. The molecule has 0 bridgehead atoms. The first kappa shape index (κ1) is 19.4. The van der Waals surface area contributed by atoms with Crippen LogP contribution in [0, 0.1) is 11.7 Å². The van der Waals surface area contributed by atoms with Gasteiger partial charge in [-0.1, -0.05) is 32.0 Å². The molecule has 1 aromatic heterocycles. The Kier molecular flexibility index (Phi) is 6.55. The van der Waals surface area contributed by atoms with Gasteiger partial charge in [0.15, 0.2) is 9.84 Å². The lowest BCUT2D eigenvalue weighted by Crippen LogP contribution is -2.40. The van der Waals surface area contributed by atoms with Crippen molar-refractivity contribution in [2.45, 2.75) is 23.3 Å². The third kappa shape index (κ3) is 5.27. The number of urea groups is 1. The van der Waals surface area contributed by atoms with Gasteiger partial charge in [0.25, 0.3) is 0 Å². The minimum absolute atomic E-state index is 0.101. The van der Waals surface area contributed by atoms with Crippen LogP contribution in [0.3, 0.4) is 0 Å².